The summed E-state index contributed by atoms with van der Waals surface area (Å²) in [6.07, 6.45) is 0. The summed E-state index contributed by atoms with van der Waals surface area (Å²) in [4.78, 5) is 30.3. The van der Waals surface area contributed by atoms with Crippen molar-refractivity contribution < 1.29 is 0 Å². The van der Waals surface area contributed by atoms with E-state index in [1.54, 1.807) is 7.05 Å². The molecule has 2 rings (SSSR count). The molecule has 0 saturated carbocycles. The zero-order chi connectivity index (χ0) is 9.59. The van der Waals surface area contributed by atoms with E-state index in [1.165, 1.54) is 4.57 Å². The van der Waals surface area contributed by atoms with Crippen LogP contribution in [0.15, 0.2) is 9.59 Å². The van der Waals surface area contributed by atoms with E-state index < -0.39 is 11.2 Å². The van der Waals surface area contributed by atoms with Crippen molar-refractivity contribution >= 4 is 22.8 Å². The number of aromatic amines is 2. The van der Waals surface area contributed by atoms with Gasteiger partial charge in [0, 0.05) is 7.05 Å². The number of hydrogen-bond donors (Lipinski definition) is 2. The Hall–Kier alpha value is -1.56. The van der Waals surface area contributed by atoms with Gasteiger partial charge in [-0.05, 0) is 11.6 Å². The number of fused-ring (bicyclic) bond motifs is 1. The third-order valence-corrected chi connectivity index (χ3v) is 2.05. The van der Waals surface area contributed by atoms with Crippen LogP contribution in [0.1, 0.15) is 0 Å². The van der Waals surface area contributed by atoms with E-state index in [0.717, 1.165) is 0 Å². The van der Waals surface area contributed by atoms with Gasteiger partial charge in [-0.15, -0.1) is 0 Å². The van der Waals surface area contributed by atoms with E-state index in [-0.39, 0.29) is 16.4 Å². The molecule has 2 aromatic rings. The zero-order valence-electron chi connectivity index (χ0n) is 6.59. The fourth-order valence-electron chi connectivity index (χ4n) is 1.12. The highest BCUT2D eigenvalue weighted by atomic mass is 35.5. The summed E-state index contributed by atoms with van der Waals surface area (Å²) in [6, 6.07) is 0. The van der Waals surface area contributed by atoms with Crippen LogP contribution in [0, 0.1) is 0 Å². The Labute approximate surface area is 76.2 Å². The fourth-order valence-corrected chi connectivity index (χ4v) is 1.29. The normalized spacial score (nSPS) is 10.9. The standard InChI is InChI=1S/C6H5ClN4O2/c1-11-2-3(8-5(11)7)9-6(13)10-4(2)12/h1H3,(H2,9,10,12,13). The number of aryl methyl sites for hydroxylation is 1. The largest absolute Gasteiger partial charge is 0.327 e. The van der Waals surface area contributed by atoms with Gasteiger partial charge in [-0.3, -0.25) is 14.8 Å². The summed E-state index contributed by atoms with van der Waals surface area (Å²) in [7, 11) is 1.59. The van der Waals surface area contributed by atoms with Gasteiger partial charge >= 0.3 is 5.69 Å². The molecule has 0 radical (unpaired) electrons. The molecule has 0 saturated heterocycles. The lowest BCUT2D eigenvalue weighted by molar-refractivity contribution is 0.936. The molecule has 2 heterocycles. The third-order valence-electron chi connectivity index (χ3n) is 1.71. The summed E-state index contributed by atoms with van der Waals surface area (Å²) in [5.74, 6) is 0. The van der Waals surface area contributed by atoms with E-state index in [4.69, 9.17) is 11.6 Å². The summed E-state index contributed by atoms with van der Waals surface area (Å²) < 4.78 is 1.39. The van der Waals surface area contributed by atoms with Gasteiger partial charge in [0.05, 0.1) is 0 Å². The van der Waals surface area contributed by atoms with Crippen LogP contribution in [0.4, 0.5) is 0 Å². The highest BCUT2D eigenvalue weighted by Gasteiger charge is 2.09. The quantitative estimate of drug-likeness (QED) is 0.568. The number of nitrogens with one attached hydrogen (secondary N) is 2. The predicted octanol–water partition coefficient (Wildman–Crippen LogP) is -0.397. The lowest BCUT2D eigenvalue weighted by Crippen LogP contribution is -2.22. The van der Waals surface area contributed by atoms with Gasteiger partial charge in [-0.1, -0.05) is 0 Å². The van der Waals surface area contributed by atoms with E-state index in [1.807, 2.05) is 0 Å². The first kappa shape index (κ1) is 8.06. The topological polar surface area (TPSA) is 83.5 Å². The molecule has 68 valence electrons. The Morgan fingerprint density at radius 3 is 2.77 bits per heavy atom. The lowest BCUT2D eigenvalue weighted by atomic mass is 10.5. The minimum atomic E-state index is -0.590. The summed E-state index contributed by atoms with van der Waals surface area (Å²) in [6.45, 7) is 0. The predicted molar refractivity (Wildman–Crippen MR) is 47.0 cm³/mol. The van der Waals surface area contributed by atoms with Crippen molar-refractivity contribution in [2.75, 3.05) is 0 Å². The first-order chi connectivity index (χ1) is 6.09. The number of H-pyrrole nitrogens is 2. The Bertz CT molecular complexity index is 578. The number of aromatic nitrogens is 4. The molecule has 0 aliphatic heterocycles. The van der Waals surface area contributed by atoms with Crippen molar-refractivity contribution in [3.8, 4) is 0 Å². The molecule has 0 aromatic carbocycles. The molecule has 2 N–H and O–H groups in total. The van der Waals surface area contributed by atoms with Crippen LogP contribution in [-0.4, -0.2) is 19.5 Å². The van der Waals surface area contributed by atoms with Gasteiger partial charge in [0.2, 0.25) is 5.28 Å². The molecule has 0 fully saturated rings. The fraction of sp³-hybridized carbons (Fsp3) is 0.167. The second-order valence-electron chi connectivity index (χ2n) is 2.55. The smallest absolute Gasteiger partial charge is 0.312 e. The second-order valence-corrected chi connectivity index (χ2v) is 2.88. The van der Waals surface area contributed by atoms with Crippen LogP contribution in [0.3, 0.4) is 0 Å². The maximum Gasteiger partial charge on any atom is 0.327 e. The molecule has 0 aliphatic carbocycles. The summed E-state index contributed by atoms with van der Waals surface area (Å²) >= 11 is 5.65. The van der Waals surface area contributed by atoms with Crippen molar-refractivity contribution in [2.45, 2.75) is 0 Å². The Kier molecular flexibility index (Phi) is 1.53. The number of rotatable bonds is 0. The molecule has 0 spiro atoms. The van der Waals surface area contributed by atoms with Crippen LogP contribution < -0.4 is 11.2 Å². The van der Waals surface area contributed by atoms with Crippen LogP contribution in [0.25, 0.3) is 11.2 Å². The number of imidazole rings is 1. The minimum absolute atomic E-state index is 0.155. The Morgan fingerprint density at radius 1 is 1.38 bits per heavy atom. The third kappa shape index (κ3) is 1.06. The maximum atomic E-state index is 11.2. The monoisotopic (exact) mass is 200 g/mol. The molecule has 0 atom stereocenters. The number of halogens is 1. The molecule has 0 bridgehead atoms. The SMILES string of the molecule is Cn1c(Cl)nc2[nH]c(=O)[nH]c(=O)c21. The van der Waals surface area contributed by atoms with Crippen LogP contribution in [-0.2, 0) is 7.05 Å². The molecule has 2 aromatic heterocycles. The highest BCUT2D eigenvalue weighted by molar-refractivity contribution is 6.29. The molecule has 7 heteroatoms. The molecular weight excluding hydrogens is 196 g/mol. The first-order valence-corrected chi connectivity index (χ1v) is 3.82. The lowest BCUT2D eigenvalue weighted by Gasteiger charge is -1.91. The van der Waals surface area contributed by atoms with Crippen LogP contribution in [0.5, 0.6) is 0 Å². The molecule has 0 unspecified atom stereocenters. The molecule has 13 heavy (non-hydrogen) atoms. The number of nitrogens with zero attached hydrogens (tertiary/aromatic N) is 2. The van der Waals surface area contributed by atoms with Gasteiger partial charge in [-0.25, -0.2) is 4.79 Å². The van der Waals surface area contributed by atoms with Crippen molar-refractivity contribution in [3.05, 3.63) is 26.1 Å². The zero-order valence-corrected chi connectivity index (χ0v) is 7.34. The number of hydrogen-bond acceptors (Lipinski definition) is 3. The van der Waals surface area contributed by atoms with E-state index >= 15 is 0 Å². The van der Waals surface area contributed by atoms with Crippen LogP contribution in [0.2, 0.25) is 5.28 Å². The van der Waals surface area contributed by atoms with E-state index in [9.17, 15) is 9.59 Å². The van der Waals surface area contributed by atoms with Crippen molar-refractivity contribution in [2.24, 2.45) is 7.05 Å². The van der Waals surface area contributed by atoms with Gasteiger partial charge < -0.3 is 4.57 Å². The van der Waals surface area contributed by atoms with Gasteiger partial charge in [0.25, 0.3) is 5.56 Å². The molecular formula is C6H5ClN4O2. The average molecular weight is 201 g/mol. The summed E-state index contributed by atoms with van der Waals surface area (Å²) in [5.41, 5.74) is -0.640. The minimum Gasteiger partial charge on any atom is -0.312 e. The van der Waals surface area contributed by atoms with Crippen molar-refractivity contribution in [3.63, 3.8) is 0 Å². The Balaban J connectivity index is 3.12. The average Bonchev–Trinajstić information content (AvgIpc) is 2.27. The molecule has 0 aliphatic rings. The van der Waals surface area contributed by atoms with Crippen molar-refractivity contribution in [1.82, 2.24) is 19.5 Å². The molecule has 0 amide bonds. The summed E-state index contributed by atoms with van der Waals surface area (Å²) in [5, 5.41) is 0.155. The van der Waals surface area contributed by atoms with E-state index in [2.05, 4.69) is 15.0 Å². The maximum absolute atomic E-state index is 11.2. The second kappa shape index (κ2) is 2.46. The van der Waals surface area contributed by atoms with Gasteiger partial charge in [-0.2, -0.15) is 4.98 Å². The van der Waals surface area contributed by atoms with E-state index in [0.29, 0.717) is 0 Å². The molecule has 6 nitrogen and oxygen atoms in total. The highest BCUT2D eigenvalue weighted by Crippen LogP contribution is 2.10. The van der Waals surface area contributed by atoms with Gasteiger partial charge in [0.15, 0.2) is 11.2 Å². The van der Waals surface area contributed by atoms with Crippen molar-refractivity contribution in [1.29, 1.82) is 0 Å². The van der Waals surface area contributed by atoms with Crippen LogP contribution >= 0.6 is 11.6 Å². The van der Waals surface area contributed by atoms with Gasteiger partial charge in [0.1, 0.15) is 0 Å². The first-order valence-electron chi connectivity index (χ1n) is 3.44. The Morgan fingerprint density at radius 2 is 2.08 bits per heavy atom.